The van der Waals surface area contributed by atoms with E-state index in [1.54, 1.807) is 13.8 Å². The lowest BCUT2D eigenvalue weighted by Gasteiger charge is -2.27. The second-order valence-corrected chi connectivity index (χ2v) is 5.45. The zero-order chi connectivity index (χ0) is 14.1. The Morgan fingerprint density at radius 2 is 1.72 bits per heavy atom. The number of hydrogen-bond donors (Lipinski definition) is 0. The Morgan fingerprint density at radius 1 is 1.22 bits per heavy atom. The first-order chi connectivity index (χ1) is 8.23. The molecule has 3 atom stereocenters. The van der Waals surface area contributed by atoms with E-state index in [0.717, 1.165) is 14.2 Å². The zero-order valence-electron chi connectivity index (χ0n) is 10.6. The summed E-state index contributed by atoms with van der Waals surface area (Å²) in [7, 11) is 2.29. The van der Waals surface area contributed by atoms with Gasteiger partial charge in [0.2, 0.25) is 0 Å². The van der Waals surface area contributed by atoms with Gasteiger partial charge in [-0.25, -0.2) is 0 Å². The van der Waals surface area contributed by atoms with E-state index in [2.05, 4.69) is 9.47 Å². The molecule has 1 rings (SSSR count). The molecule has 0 radical (unpaired) electrons. The third kappa shape index (κ3) is 2.58. The monoisotopic (exact) mass is 278 g/mol. The second-order valence-electron chi connectivity index (χ2n) is 4.47. The molecular formula is C11H15ClO6. The SMILES string of the molecule is COC(=O)C1C(=O)OC(C(C)(C)Cl)C1C(=O)OC. The average Bonchev–Trinajstić information content (AvgIpc) is 2.64. The molecule has 1 aliphatic rings. The average molecular weight is 279 g/mol. The highest BCUT2D eigenvalue weighted by Crippen LogP contribution is 2.39. The Kier molecular flexibility index (Phi) is 4.21. The quantitative estimate of drug-likeness (QED) is 0.324. The van der Waals surface area contributed by atoms with Gasteiger partial charge in [0.1, 0.15) is 12.0 Å². The molecule has 0 spiro atoms. The molecule has 0 aliphatic carbocycles. The van der Waals surface area contributed by atoms with Gasteiger partial charge < -0.3 is 14.2 Å². The Balaban J connectivity index is 3.15. The van der Waals surface area contributed by atoms with Gasteiger partial charge >= 0.3 is 17.9 Å². The molecule has 0 bridgehead atoms. The van der Waals surface area contributed by atoms with Crippen LogP contribution in [0.15, 0.2) is 0 Å². The Hall–Kier alpha value is -1.30. The van der Waals surface area contributed by atoms with Crippen LogP contribution in [0.3, 0.4) is 0 Å². The third-order valence-electron chi connectivity index (χ3n) is 2.79. The van der Waals surface area contributed by atoms with Crippen LogP contribution in [0.2, 0.25) is 0 Å². The van der Waals surface area contributed by atoms with Crippen molar-refractivity contribution in [1.29, 1.82) is 0 Å². The zero-order valence-corrected chi connectivity index (χ0v) is 11.3. The molecule has 0 aromatic rings. The lowest BCUT2D eigenvalue weighted by Crippen LogP contribution is -2.42. The second kappa shape index (κ2) is 5.14. The first kappa shape index (κ1) is 14.8. The van der Waals surface area contributed by atoms with Crippen molar-refractivity contribution in [2.24, 2.45) is 11.8 Å². The first-order valence-corrected chi connectivity index (χ1v) is 5.67. The molecule has 0 saturated carbocycles. The number of carbonyl (C=O) groups is 3. The Morgan fingerprint density at radius 3 is 2.11 bits per heavy atom. The van der Waals surface area contributed by atoms with Gasteiger partial charge in [0.05, 0.1) is 19.1 Å². The molecule has 0 N–H and O–H groups in total. The molecular weight excluding hydrogens is 264 g/mol. The number of alkyl halides is 1. The molecule has 1 saturated heterocycles. The fourth-order valence-electron chi connectivity index (χ4n) is 1.93. The fraction of sp³-hybridized carbons (Fsp3) is 0.727. The lowest BCUT2D eigenvalue weighted by atomic mass is 9.85. The molecule has 6 nitrogen and oxygen atoms in total. The van der Waals surface area contributed by atoms with Crippen molar-refractivity contribution in [3.63, 3.8) is 0 Å². The summed E-state index contributed by atoms with van der Waals surface area (Å²) in [6.07, 6.45) is -0.941. The Labute approximate surface area is 110 Å². The maximum Gasteiger partial charge on any atom is 0.321 e. The van der Waals surface area contributed by atoms with Crippen LogP contribution in [0.4, 0.5) is 0 Å². The van der Waals surface area contributed by atoms with E-state index in [4.69, 9.17) is 16.3 Å². The van der Waals surface area contributed by atoms with Crippen molar-refractivity contribution >= 4 is 29.5 Å². The molecule has 7 heteroatoms. The van der Waals surface area contributed by atoms with Gasteiger partial charge in [0, 0.05) is 0 Å². The highest BCUT2D eigenvalue weighted by molar-refractivity contribution is 6.24. The highest BCUT2D eigenvalue weighted by Gasteiger charge is 2.58. The van der Waals surface area contributed by atoms with Crippen LogP contribution < -0.4 is 0 Å². The molecule has 102 valence electrons. The van der Waals surface area contributed by atoms with Crippen molar-refractivity contribution in [2.45, 2.75) is 24.8 Å². The minimum atomic E-state index is -1.33. The van der Waals surface area contributed by atoms with Crippen molar-refractivity contribution < 1.29 is 28.6 Å². The summed E-state index contributed by atoms with van der Waals surface area (Å²) in [5.41, 5.74) is 0. The van der Waals surface area contributed by atoms with E-state index < -0.39 is 40.7 Å². The summed E-state index contributed by atoms with van der Waals surface area (Å²) in [6.45, 7) is 3.17. The summed E-state index contributed by atoms with van der Waals surface area (Å²) >= 11 is 6.08. The normalized spacial score (nSPS) is 27.6. The van der Waals surface area contributed by atoms with Gasteiger partial charge in [-0.3, -0.25) is 14.4 Å². The number of rotatable bonds is 3. The van der Waals surface area contributed by atoms with Crippen molar-refractivity contribution in [3.8, 4) is 0 Å². The smallest absolute Gasteiger partial charge is 0.321 e. The van der Waals surface area contributed by atoms with Crippen molar-refractivity contribution in [1.82, 2.24) is 0 Å². The number of hydrogen-bond acceptors (Lipinski definition) is 6. The van der Waals surface area contributed by atoms with E-state index in [1.807, 2.05) is 0 Å². The van der Waals surface area contributed by atoms with Crippen LogP contribution >= 0.6 is 11.6 Å². The number of halogens is 1. The van der Waals surface area contributed by atoms with Gasteiger partial charge in [0.15, 0.2) is 5.92 Å². The number of cyclic esters (lactones) is 1. The molecule has 3 unspecified atom stereocenters. The van der Waals surface area contributed by atoms with Crippen LogP contribution in [0.5, 0.6) is 0 Å². The molecule has 1 fully saturated rings. The van der Waals surface area contributed by atoms with E-state index >= 15 is 0 Å². The van der Waals surface area contributed by atoms with E-state index in [1.165, 1.54) is 0 Å². The summed E-state index contributed by atoms with van der Waals surface area (Å²) in [4.78, 5) is 34.0. The lowest BCUT2D eigenvalue weighted by molar-refractivity contribution is -0.159. The maximum absolute atomic E-state index is 11.7. The van der Waals surface area contributed by atoms with Crippen LogP contribution in [0.1, 0.15) is 13.8 Å². The summed E-state index contributed by atoms with van der Waals surface area (Å²) in [5.74, 6) is -4.81. The van der Waals surface area contributed by atoms with E-state index in [-0.39, 0.29) is 0 Å². The first-order valence-electron chi connectivity index (χ1n) is 5.29. The third-order valence-corrected chi connectivity index (χ3v) is 3.00. The number of ether oxygens (including phenoxy) is 3. The van der Waals surface area contributed by atoms with Gasteiger partial charge in [-0.2, -0.15) is 0 Å². The number of esters is 3. The van der Waals surface area contributed by atoms with Gasteiger partial charge in [-0.1, -0.05) is 0 Å². The fourth-order valence-corrected chi connectivity index (χ4v) is 2.11. The van der Waals surface area contributed by atoms with Gasteiger partial charge in [0.25, 0.3) is 0 Å². The van der Waals surface area contributed by atoms with Gasteiger partial charge in [-0.15, -0.1) is 11.6 Å². The molecule has 0 aromatic heterocycles. The van der Waals surface area contributed by atoms with Crippen LogP contribution in [-0.2, 0) is 28.6 Å². The van der Waals surface area contributed by atoms with E-state index in [0.29, 0.717) is 0 Å². The highest BCUT2D eigenvalue weighted by atomic mass is 35.5. The summed E-state index contributed by atoms with van der Waals surface area (Å²) in [6, 6.07) is 0. The minimum Gasteiger partial charge on any atom is -0.469 e. The van der Waals surface area contributed by atoms with Crippen LogP contribution in [0.25, 0.3) is 0 Å². The molecule has 0 amide bonds. The van der Waals surface area contributed by atoms with Gasteiger partial charge in [-0.05, 0) is 13.8 Å². The molecule has 0 aromatic carbocycles. The van der Waals surface area contributed by atoms with Crippen LogP contribution in [-0.4, -0.2) is 43.1 Å². The predicted octanol–water partition coefficient (Wildman–Crippen LogP) is 0.508. The van der Waals surface area contributed by atoms with Crippen molar-refractivity contribution in [3.05, 3.63) is 0 Å². The van der Waals surface area contributed by atoms with Crippen LogP contribution in [0, 0.1) is 11.8 Å². The summed E-state index contributed by atoms with van der Waals surface area (Å²) in [5, 5.41) is 0. The maximum atomic E-state index is 11.7. The number of methoxy groups -OCH3 is 2. The van der Waals surface area contributed by atoms with Crippen molar-refractivity contribution in [2.75, 3.05) is 14.2 Å². The minimum absolute atomic E-state index is 0.727. The molecule has 18 heavy (non-hydrogen) atoms. The number of carbonyl (C=O) groups excluding carboxylic acids is 3. The topological polar surface area (TPSA) is 78.9 Å². The standard InChI is InChI=1S/C11H15ClO6/c1-11(2,12)7-5(8(13)16-3)6(9(14)17-4)10(15)18-7/h5-7H,1-4H3. The molecule has 1 heterocycles. The largest absolute Gasteiger partial charge is 0.469 e. The van der Waals surface area contributed by atoms with E-state index in [9.17, 15) is 14.4 Å². The predicted molar refractivity (Wildman–Crippen MR) is 60.8 cm³/mol. The molecule has 1 aliphatic heterocycles. The summed E-state index contributed by atoms with van der Waals surface area (Å²) < 4.78 is 14.1. The Bertz CT molecular complexity index is 372.